The van der Waals surface area contributed by atoms with Crippen molar-refractivity contribution in [3.8, 4) is 0 Å². The fourth-order valence-corrected chi connectivity index (χ4v) is 3.80. The van der Waals surface area contributed by atoms with Crippen molar-refractivity contribution in [2.24, 2.45) is 5.41 Å². The van der Waals surface area contributed by atoms with Gasteiger partial charge in [0.25, 0.3) is 0 Å². The van der Waals surface area contributed by atoms with Crippen LogP contribution < -0.4 is 15.5 Å². The van der Waals surface area contributed by atoms with Crippen LogP contribution in [0.15, 0.2) is 30.3 Å². The summed E-state index contributed by atoms with van der Waals surface area (Å²) in [7, 11) is 1.62. The maximum atomic E-state index is 13.0. The van der Waals surface area contributed by atoms with Gasteiger partial charge in [-0.15, -0.1) is 12.4 Å². The molecule has 0 bridgehead atoms. The molecule has 3 rings (SSSR count). The lowest BCUT2D eigenvalue weighted by atomic mass is 9.78. The van der Waals surface area contributed by atoms with Crippen molar-refractivity contribution in [1.29, 1.82) is 0 Å². The number of ether oxygens (including phenoxy) is 1. The number of hydrogen-bond acceptors (Lipinski definition) is 4. The van der Waals surface area contributed by atoms with E-state index in [2.05, 4.69) is 10.6 Å². The maximum Gasteiger partial charge on any atom is 0.249 e. The Balaban J connectivity index is 0.00000243. The molecule has 1 aromatic carbocycles. The van der Waals surface area contributed by atoms with Gasteiger partial charge >= 0.3 is 0 Å². The van der Waals surface area contributed by atoms with Gasteiger partial charge in [0.15, 0.2) is 0 Å². The van der Waals surface area contributed by atoms with E-state index in [1.54, 1.807) is 12.0 Å². The van der Waals surface area contributed by atoms with Gasteiger partial charge in [0, 0.05) is 19.3 Å². The summed E-state index contributed by atoms with van der Waals surface area (Å²) in [4.78, 5) is 27.6. The van der Waals surface area contributed by atoms with Gasteiger partial charge in [-0.25, -0.2) is 0 Å². The first-order valence-corrected chi connectivity index (χ1v) is 9.03. The molecule has 1 unspecified atom stereocenters. The Morgan fingerprint density at radius 1 is 1.31 bits per heavy atom. The number of methoxy groups -OCH3 is 1. The summed E-state index contributed by atoms with van der Waals surface area (Å²) in [5.74, 6) is -0.0728. The first-order valence-electron chi connectivity index (χ1n) is 9.03. The Kier molecular flexibility index (Phi) is 7.43. The summed E-state index contributed by atoms with van der Waals surface area (Å²) < 4.78 is 5.33. The van der Waals surface area contributed by atoms with Crippen LogP contribution in [0.3, 0.4) is 0 Å². The number of halogens is 1. The van der Waals surface area contributed by atoms with E-state index in [0.29, 0.717) is 19.6 Å². The number of rotatable bonds is 5. The van der Waals surface area contributed by atoms with Crippen LogP contribution in [0, 0.1) is 5.41 Å². The Morgan fingerprint density at radius 2 is 2.00 bits per heavy atom. The lowest BCUT2D eigenvalue weighted by Crippen LogP contribution is -2.57. The monoisotopic (exact) mass is 381 g/mol. The average molecular weight is 382 g/mol. The third-order valence-electron chi connectivity index (χ3n) is 5.27. The summed E-state index contributed by atoms with van der Waals surface area (Å²) in [6.07, 6.45) is 3.03. The first kappa shape index (κ1) is 20.7. The Bertz CT molecular complexity index is 600. The number of para-hydroxylation sites is 1. The lowest BCUT2D eigenvalue weighted by Gasteiger charge is -2.38. The van der Waals surface area contributed by atoms with Crippen LogP contribution in [0.1, 0.15) is 25.7 Å². The van der Waals surface area contributed by atoms with Crippen LogP contribution in [-0.2, 0) is 14.3 Å². The quantitative estimate of drug-likeness (QED) is 0.815. The van der Waals surface area contributed by atoms with Crippen molar-refractivity contribution >= 4 is 29.9 Å². The summed E-state index contributed by atoms with van der Waals surface area (Å²) in [5, 5.41) is 6.31. The Labute approximate surface area is 161 Å². The molecule has 26 heavy (non-hydrogen) atoms. The Morgan fingerprint density at radius 3 is 2.65 bits per heavy atom. The molecule has 2 aliphatic rings. The van der Waals surface area contributed by atoms with Crippen molar-refractivity contribution in [1.82, 2.24) is 10.6 Å². The molecule has 0 radical (unpaired) electrons. The molecule has 2 fully saturated rings. The van der Waals surface area contributed by atoms with E-state index in [9.17, 15) is 9.59 Å². The summed E-state index contributed by atoms with van der Waals surface area (Å²) in [5.41, 5.74) is 0.356. The fourth-order valence-electron chi connectivity index (χ4n) is 3.80. The minimum absolute atomic E-state index is 0. The van der Waals surface area contributed by atoms with Gasteiger partial charge in [-0.2, -0.15) is 0 Å². The zero-order valence-electron chi connectivity index (χ0n) is 15.2. The van der Waals surface area contributed by atoms with E-state index in [0.717, 1.165) is 38.0 Å². The average Bonchev–Trinajstić information content (AvgIpc) is 2.65. The molecule has 0 aliphatic carbocycles. The molecule has 1 aromatic rings. The van der Waals surface area contributed by atoms with Crippen LogP contribution >= 0.6 is 12.4 Å². The minimum Gasteiger partial charge on any atom is -0.384 e. The number of nitrogens with zero attached hydrogens (tertiary/aromatic N) is 1. The second-order valence-electron chi connectivity index (χ2n) is 6.96. The summed E-state index contributed by atoms with van der Waals surface area (Å²) in [6.45, 7) is 2.68. The van der Waals surface area contributed by atoms with Crippen LogP contribution in [0.25, 0.3) is 0 Å². The number of carbonyl (C=O) groups is 2. The van der Waals surface area contributed by atoms with Crippen molar-refractivity contribution < 1.29 is 14.3 Å². The standard InChI is InChI=1S/C19H27N3O3.ClH/c1-25-14-19(9-11-20-12-10-19)18(24)21-16-8-5-13-22(17(16)23)15-6-3-2-4-7-15;/h2-4,6-7,16,20H,5,8-14H2,1H3,(H,21,24);1H. The second kappa shape index (κ2) is 9.35. The van der Waals surface area contributed by atoms with Gasteiger partial charge in [-0.3, -0.25) is 9.59 Å². The first-order chi connectivity index (χ1) is 12.2. The number of anilines is 1. The smallest absolute Gasteiger partial charge is 0.249 e. The van der Waals surface area contributed by atoms with E-state index in [1.165, 1.54) is 0 Å². The van der Waals surface area contributed by atoms with Crippen molar-refractivity contribution in [2.45, 2.75) is 31.7 Å². The van der Waals surface area contributed by atoms with Gasteiger partial charge < -0.3 is 20.3 Å². The lowest BCUT2D eigenvalue weighted by molar-refractivity contribution is -0.139. The van der Waals surface area contributed by atoms with E-state index >= 15 is 0 Å². The largest absolute Gasteiger partial charge is 0.384 e. The van der Waals surface area contributed by atoms with Crippen molar-refractivity contribution in [3.63, 3.8) is 0 Å². The molecular weight excluding hydrogens is 354 g/mol. The molecule has 6 nitrogen and oxygen atoms in total. The highest BCUT2D eigenvalue weighted by atomic mass is 35.5. The van der Waals surface area contributed by atoms with Crippen LogP contribution in [-0.4, -0.2) is 51.2 Å². The van der Waals surface area contributed by atoms with Crippen molar-refractivity contribution in [2.75, 3.05) is 38.3 Å². The number of piperidine rings is 2. The molecule has 2 saturated heterocycles. The molecule has 144 valence electrons. The SMILES string of the molecule is COCC1(C(=O)NC2CCCN(c3ccccc3)C2=O)CCNCC1.Cl. The number of hydrogen-bond donors (Lipinski definition) is 2. The number of carbonyl (C=O) groups excluding carboxylic acids is 2. The normalized spacial score (nSPS) is 22.4. The Hall–Kier alpha value is -1.63. The number of amides is 2. The van der Waals surface area contributed by atoms with Crippen LogP contribution in [0.4, 0.5) is 5.69 Å². The molecule has 1 atom stereocenters. The van der Waals surface area contributed by atoms with Gasteiger partial charge in [-0.05, 0) is 50.9 Å². The van der Waals surface area contributed by atoms with Gasteiger partial charge in [0.2, 0.25) is 11.8 Å². The number of benzene rings is 1. The summed E-state index contributed by atoms with van der Waals surface area (Å²) >= 11 is 0. The van der Waals surface area contributed by atoms with E-state index in [4.69, 9.17) is 4.74 Å². The van der Waals surface area contributed by atoms with Crippen molar-refractivity contribution in [3.05, 3.63) is 30.3 Å². The van der Waals surface area contributed by atoms with E-state index in [1.807, 2.05) is 30.3 Å². The molecule has 2 amide bonds. The zero-order chi connectivity index (χ0) is 17.7. The minimum atomic E-state index is -0.532. The predicted octanol–water partition coefficient (Wildman–Crippen LogP) is 1.74. The highest BCUT2D eigenvalue weighted by molar-refractivity contribution is 6.00. The molecule has 0 aromatic heterocycles. The van der Waals surface area contributed by atoms with Gasteiger partial charge in [0.1, 0.15) is 6.04 Å². The van der Waals surface area contributed by atoms with Crippen LogP contribution in [0.5, 0.6) is 0 Å². The van der Waals surface area contributed by atoms with E-state index < -0.39 is 11.5 Å². The molecule has 2 aliphatic heterocycles. The molecule has 2 heterocycles. The second-order valence-corrected chi connectivity index (χ2v) is 6.96. The fraction of sp³-hybridized carbons (Fsp3) is 0.579. The third kappa shape index (κ3) is 4.37. The molecule has 7 heteroatoms. The van der Waals surface area contributed by atoms with Crippen LogP contribution in [0.2, 0.25) is 0 Å². The number of nitrogens with one attached hydrogen (secondary N) is 2. The zero-order valence-corrected chi connectivity index (χ0v) is 16.0. The maximum absolute atomic E-state index is 13.0. The predicted molar refractivity (Wildman–Crippen MR) is 104 cm³/mol. The molecule has 0 saturated carbocycles. The summed E-state index contributed by atoms with van der Waals surface area (Å²) in [6, 6.07) is 9.19. The molecule has 0 spiro atoms. The van der Waals surface area contributed by atoms with E-state index in [-0.39, 0.29) is 24.2 Å². The van der Waals surface area contributed by atoms with Gasteiger partial charge in [0.05, 0.1) is 12.0 Å². The topological polar surface area (TPSA) is 70.7 Å². The third-order valence-corrected chi connectivity index (χ3v) is 5.27. The highest BCUT2D eigenvalue weighted by Crippen LogP contribution is 2.30. The molecular formula is C19H28ClN3O3. The highest BCUT2D eigenvalue weighted by Gasteiger charge is 2.42. The molecule has 2 N–H and O–H groups in total. The van der Waals surface area contributed by atoms with Gasteiger partial charge in [-0.1, -0.05) is 18.2 Å².